The van der Waals surface area contributed by atoms with Crippen molar-refractivity contribution in [3.63, 3.8) is 0 Å². The topological polar surface area (TPSA) is 32.3 Å². The zero-order valence-corrected chi connectivity index (χ0v) is 15.4. The van der Waals surface area contributed by atoms with Gasteiger partial charge in [0, 0.05) is 17.3 Å². The van der Waals surface area contributed by atoms with Crippen LogP contribution in [0.5, 0.6) is 0 Å². The minimum Gasteiger partial charge on any atom is -0.324 e. The number of hydrogen-bond acceptors (Lipinski definition) is 2. The fraction of sp³-hybridized carbons (Fsp3) is 0.435. The van der Waals surface area contributed by atoms with Gasteiger partial charge in [-0.25, -0.2) is 0 Å². The van der Waals surface area contributed by atoms with E-state index in [4.69, 9.17) is 0 Å². The average molecular weight is 348 g/mol. The first-order valence-electron chi connectivity index (χ1n) is 9.99. The molecule has 0 unspecified atom stereocenters. The molecule has 2 atom stereocenters. The average Bonchev–Trinajstić information content (AvgIpc) is 2.69. The Bertz CT molecular complexity index is 741. The van der Waals surface area contributed by atoms with E-state index in [0.29, 0.717) is 12.6 Å². The number of benzene rings is 2. The van der Waals surface area contributed by atoms with Gasteiger partial charge >= 0.3 is 0 Å². The molecule has 26 heavy (non-hydrogen) atoms. The number of piperidine rings is 1. The van der Waals surface area contributed by atoms with Crippen LogP contribution in [0.1, 0.15) is 38.5 Å². The molecule has 2 aliphatic rings. The van der Waals surface area contributed by atoms with E-state index in [1.165, 1.54) is 38.5 Å². The van der Waals surface area contributed by atoms with Crippen molar-refractivity contribution in [2.45, 2.75) is 44.6 Å². The Kier molecular flexibility index (Phi) is 5.35. The third-order valence-corrected chi connectivity index (χ3v) is 5.99. The smallest absolute Gasteiger partial charge is 0.238 e. The Morgan fingerprint density at radius 1 is 0.923 bits per heavy atom. The van der Waals surface area contributed by atoms with Crippen molar-refractivity contribution >= 4 is 11.6 Å². The van der Waals surface area contributed by atoms with Gasteiger partial charge in [-0.2, -0.15) is 0 Å². The lowest BCUT2D eigenvalue weighted by molar-refractivity contribution is -0.118. The number of carbonyl (C=O) groups is 1. The van der Waals surface area contributed by atoms with Gasteiger partial charge in [-0.05, 0) is 49.8 Å². The largest absolute Gasteiger partial charge is 0.324 e. The molecule has 136 valence electrons. The molecule has 0 spiro atoms. The van der Waals surface area contributed by atoms with Crippen molar-refractivity contribution in [1.29, 1.82) is 0 Å². The van der Waals surface area contributed by atoms with Crippen LogP contribution in [0.25, 0.3) is 11.1 Å². The standard InChI is InChI=1S/C23H28N2O/c26-23(17-25-16-8-12-19-11-4-7-15-22(19)25)24-21-14-6-5-13-20(21)18-9-2-1-3-10-18/h1-3,5-6,9-10,13-14,19,22H,4,7-8,11-12,15-17H2,(H,24,26)/t19-,22+/m1/s1. The van der Waals surface area contributed by atoms with Gasteiger partial charge in [0.1, 0.15) is 0 Å². The maximum atomic E-state index is 12.8. The normalized spacial score (nSPS) is 23.2. The van der Waals surface area contributed by atoms with Crippen molar-refractivity contribution in [2.75, 3.05) is 18.4 Å². The summed E-state index contributed by atoms with van der Waals surface area (Å²) in [5, 5.41) is 3.17. The van der Waals surface area contributed by atoms with Gasteiger partial charge < -0.3 is 5.32 Å². The van der Waals surface area contributed by atoms with Crippen LogP contribution in [0.2, 0.25) is 0 Å². The summed E-state index contributed by atoms with van der Waals surface area (Å²) >= 11 is 0. The highest BCUT2D eigenvalue weighted by Gasteiger charge is 2.33. The van der Waals surface area contributed by atoms with Crippen molar-refractivity contribution in [2.24, 2.45) is 5.92 Å². The molecule has 1 saturated carbocycles. The molecular weight excluding hydrogens is 320 g/mol. The Balaban J connectivity index is 1.45. The van der Waals surface area contributed by atoms with E-state index >= 15 is 0 Å². The molecule has 1 N–H and O–H groups in total. The van der Waals surface area contributed by atoms with E-state index in [1.807, 2.05) is 36.4 Å². The molecular formula is C23H28N2O. The first-order chi connectivity index (χ1) is 12.8. The quantitative estimate of drug-likeness (QED) is 0.848. The van der Waals surface area contributed by atoms with Crippen LogP contribution in [-0.4, -0.2) is 29.9 Å². The first-order valence-corrected chi connectivity index (χ1v) is 9.99. The van der Waals surface area contributed by atoms with Gasteiger partial charge in [0.15, 0.2) is 0 Å². The van der Waals surface area contributed by atoms with Gasteiger partial charge in [0.05, 0.1) is 6.54 Å². The number of hydrogen-bond donors (Lipinski definition) is 1. The Labute approximate surface area is 156 Å². The van der Waals surface area contributed by atoms with Crippen molar-refractivity contribution in [3.05, 3.63) is 54.6 Å². The number of rotatable bonds is 4. The van der Waals surface area contributed by atoms with E-state index in [1.54, 1.807) is 0 Å². The third-order valence-electron chi connectivity index (χ3n) is 5.99. The maximum Gasteiger partial charge on any atom is 0.238 e. The van der Waals surface area contributed by atoms with Gasteiger partial charge in [-0.15, -0.1) is 0 Å². The van der Waals surface area contributed by atoms with Crippen LogP contribution in [0.4, 0.5) is 5.69 Å². The zero-order valence-electron chi connectivity index (χ0n) is 15.4. The SMILES string of the molecule is O=C(CN1CCC[C@H]2CCCC[C@@H]21)Nc1ccccc1-c1ccccc1. The number of likely N-dealkylation sites (tertiary alicyclic amines) is 1. The summed E-state index contributed by atoms with van der Waals surface area (Å²) in [5.41, 5.74) is 3.12. The first kappa shape index (κ1) is 17.3. The second-order valence-corrected chi connectivity index (χ2v) is 7.68. The van der Waals surface area contributed by atoms with E-state index in [9.17, 15) is 4.79 Å². The molecule has 4 rings (SSSR count). The number of nitrogens with zero attached hydrogens (tertiary/aromatic N) is 1. The van der Waals surface area contributed by atoms with Crippen LogP contribution < -0.4 is 5.32 Å². The molecule has 2 aromatic carbocycles. The second kappa shape index (κ2) is 8.05. The molecule has 0 bridgehead atoms. The fourth-order valence-electron chi connectivity index (χ4n) is 4.76. The fourth-order valence-corrected chi connectivity index (χ4v) is 4.76. The number of para-hydroxylation sites is 1. The summed E-state index contributed by atoms with van der Waals surface area (Å²) in [7, 11) is 0. The Morgan fingerprint density at radius 3 is 2.54 bits per heavy atom. The Hall–Kier alpha value is -2.13. The van der Waals surface area contributed by atoms with Gasteiger partial charge in [0.2, 0.25) is 5.91 Å². The van der Waals surface area contributed by atoms with Crippen molar-refractivity contribution in [1.82, 2.24) is 4.90 Å². The van der Waals surface area contributed by atoms with E-state index in [2.05, 4.69) is 28.4 Å². The maximum absolute atomic E-state index is 12.8. The van der Waals surface area contributed by atoms with Crippen molar-refractivity contribution < 1.29 is 4.79 Å². The molecule has 1 aliphatic heterocycles. The number of nitrogens with one attached hydrogen (secondary N) is 1. The number of amides is 1. The third kappa shape index (κ3) is 3.83. The molecule has 1 heterocycles. The number of anilines is 1. The van der Waals surface area contributed by atoms with Crippen molar-refractivity contribution in [3.8, 4) is 11.1 Å². The Morgan fingerprint density at radius 2 is 1.65 bits per heavy atom. The monoisotopic (exact) mass is 348 g/mol. The lowest BCUT2D eigenvalue weighted by atomic mass is 9.78. The summed E-state index contributed by atoms with van der Waals surface area (Å²) in [6, 6.07) is 19.0. The molecule has 3 heteroatoms. The van der Waals surface area contributed by atoms with E-state index < -0.39 is 0 Å². The second-order valence-electron chi connectivity index (χ2n) is 7.68. The van der Waals surface area contributed by atoms with Gasteiger partial charge in [-0.3, -0.25) is 9.69 Å². The van der Waals surface area contributed by atoms with Crippen LogP contribution in [-0.2, 0) is 4.79 Å². The molecule has 1 amide bonds. The molecule has 1 saturated heterocycles. The molecule has 0 aromatic heterocycles. The predicted octanol–water partition coefficient (Wildman–Crippen LogP) is 4.95. The summed E-state index contributed by atoms with van der Waals surface area (Å²) in [6.45, 7) is 1.58. The van der Waals surface area contributed by atoms with Gasteiger partial charge in [-0.1, -0.05) is 61.4 Å². The summed E-state index contributed by atoms with van der Waals surface area (Å²) in [5.74, 6) is 0.918. The number of fused-ring (bicyclic) bond motifs is 1. The number of carbonyl (C=O) groups excluding carboxylic acids is 1. The van der Waals surface area contributed by atoms with Crippen LogP contribution in [0.15, 0.2) is 54.6 Å². The van der Waals surface area contributed by atoms with E-state index in [-0.39, 0.29) is 5.91 Å². The lowest BCUT2D eigenvalue weighted by Crippen LogP contribution is -2.49. The summed E-state index contributed by atoms with van der Waals surface area (Å²) < 4.78 is 0. The summed E-state index contributed by atoms with van der Waals surface area (Å²) in [4.78, 5) is 15.2. The summed E-state index contributed by atoms with van der Waals surface area (Å²) in [6.07, 6.45) is 7.87. The van der Waals surface area contributed by atoms with Crippen LogP contribution in [0, 0.1) is 5.92 Å². The molecule has 3 nitrogen and oxygen atoms in total. The zero-order chi connectivity index (χ0) is 17.8. The highest BCUT2D eigenvalue weighted by molar-refractivity contribution is 5.96. The minimum atomic E-state index is 0.111. The molecule has 2 fully saturated rings. The molecule has 0 radical (unpaired) electrons. The van der Waals surface area contributed by atoms with Crippen LogP contribution in [0.3, 0.4) is 0 Å². The minimum absolute atomic E-state index is 0.111. The molecule has 1 aliphatic carbocycles. The van der Waals surface area contributed by atoms with Crippen LogP contribution >= 0.6 is 0 Å². The molecule has 2 aromatic rings. The highest BCUT2D eigenvalue weighted by Crippen LogP contribution is 2.35. The van der Waals surface area contributed by atoms with E-state index in [0.717, 1.165) is 29.3 Å². The highest BCUT2D eigenvalue weighted by atomic mass is 16.2. The van der Waals surface area contributed by atoms with Gasteiger partial charge in [0.25, 0.3) is 0 Å². The predicted molar refractivity (Wildman–Crippen MR) is 107 cm³/mol. The lowest BCUT2D eigenvalue weighted by Gasteiger charge is -2.43.